The summed E-state index contributed by atoms with van der Waals surface area (Å²) in [7, 11) is 0. The van der Waals surface area contributed by atoms with Gasteiger partial charge in [0.05, 0.1) is 16.7 Å². The minimum absolute atomic E-state index is 0.194. The number of nitrogens with one attached hydrogen (secondary N) is 1. The second-order valence-corrected chi connectivity index (χ2v) is 5.48. The van der Waals surface area contributed by atoms with Gasteiger partial charge < -0.3 is 10.4 Å². The number of pyridine rings is 1. The lowest BCUT2D eigenvalue weighted by Crippen LogP contribution is -2.28. The lowest BCUT2D eigenvalue weighted by Gasteiger charge is -2.10. The van der Waals surface area contributed by atoms with Gasteiger partial charge in [0.2, 0.25) is 0 Å². The average Bonchev–Trinajstić information content (AvgIpc) is 2.98. The van der Waals surface area contributed by atoms with Crippen molar-refractivity contribution in [3.63, 3.8) is 0 Å². The third-order valence-corrected chi connectivity index (χ3v) is 3.95. The fourth-order valence-corrected chi connectivity index (χ4v) is 2.58. The highest BCUT2D eigenvalue weighted by Gasteiger charge is 2.11. The van der Waals surface area contributed by atoms with Crippen molar-refractivity contribution in [1.82, 2.24) is 10.3 Å². The number of carbonyl (C=O) groups is 1. The highest BCUT2D eigenvalue weighted by molar-refractivity contribution is 7.98. The Bertz CT molecular complexity index is 526. The largest absolute Gasteiger partial charge is 0.387 e. The van der Waals surface area contributed by atoms with Gasteiger partial charge in [0, 0.05) is 12.7 Å². The van der Waals surface area contributed by atoms with Crippen LogP contribution in [0.4, 0.5) is 0 Å². The minimum atomic E-state index is -0.673. The van der Waals surface area contributed by atoms with Gasteiger partial charge in [-0.2, -0.15) is 11.3 Å². The highest BCUT2D eigenvalue weighted by Crippen LogP contribution is 2.15. The maximum Gasteiger partial charge on any atom is 0.252 e. The predicted molar refractivity (Wildman–Crippen MR) is 77.6 cm³/mol. The highest BCUT2D eigenvalue weighted by atomic mass is 32.2. The van der Waals surface area contributed by atoms with Crippen LogP contribution < -0.4 is 5.32 Å². The zero-order valence-corrected chi connectivity index (χ0v) is 12.0. The van der Waals surface area contributed by atoms with Crippen LogP contribution in [0.15, 0.2) is 40.2 Å². The molecule has 0 aliphatic carbocycles. The SMILES string of the molecule is CSc1ccc(C(=O)NCC(O)c2ccsc2)cn1. The van der Waals surface area contributed by atoms with Crippen molar-refractivity contribution in [2.45, 2.75) is 11.1 Å². The van der Waals surface area contributed by atoms with Gasteiger partial charge >= 0.3 is 0 Å². The van der Waals surface area contributed by atoms with Crippen LogP contribution in [-0.4, -0.2) is 28.8 Å². The molecule has 4 nitrogen and oxygen atoms in total. The van der Waals surface area contributed by atoms with E-state index in [1.165, 1.54) is 29.3 Å². The summed E-state index contributed by atoms with van der Waals surface area (Å²) >= 11 is 3.04. The van der Waals surface area contributed by atoms with Crippen LogP contribution in [-0.2, 0) is 0 Å². The molecule has 2 aromatic heterocycles. The van der Waals surface area contributed by atoms with Crippen molar-refractivity contribution in [1.29, 1.82) is 0 Å². The Hall–Kier alpha value is -1.37. The Balaban J connectivity index is 1.90. The molecule has 1 unspecified atom stereocenters. The van der Waals surface area contributed by atoms with Crippen LogP contribution in [0, 0.1) is 0 Å². The van der Waals surface area contributed by atoms with E-state index < -0.39 is 6.10 Å². The number of carbonyl (C=O) groups excluding carboxylic acids is 1. The van der Waals surface area contributed by atoms with Crippen molar-refractivity contribution >= 4 is 29.0 Å². The number of thiophene rings is 1. The lowest BCUT2D eigenvalue weighted by atomic mass is 10.2. The van der Waals surface area contributed by atoms with E-state index in [2.05, 4.69) is 10.3 Å². The predicted octanol–water partition coefficient (Wildman–Crippen LogP) is 2.33. The summed E-state index contributed by atoms with van der Waals surface area (Å²) in [6.07, 6.45) is 2.80. The minimum Gasteiger partial charge on any atom is -0.387 e. The molecule has 0 fully saturated rings. The molecule has 0 aliphatic rings. The molecular formula is C13H14N2O2S2. The molecule has 1 amide bonds. The van der Waals surface area contributed by atoms with Gasteiger partial charge in [0.25, 0.3) is 5.91 Å². The summed E-state index contributed by atoms with van der Waals surface area (Å²) in [6, 6.07) is 5.37. The van der Waals surface area contributed by atoms with Crippen molar-refractivity contribution in [3.05, 3.63) is 46.3 Å². The number of hydrogen-bond acceptors (Lipinski definition) is 5. The van der Waals surface area contributed by atoms with Crippen molar-refractivity contribution in [3.8, 4) is 0 Å². The molecule has 2 heterocycles. The number of aliphatic hydroxyl groups is 1. The third-order valence-electron chi connectivity index (χ3n) is 2.59. The van der Waals surface area contributed by atoms with E-state index in [9.17, 15) is 9.90 Å². The molecule has 19 heavy (non-hydrogen) atoms. The molecule has 0 saturated heterocycles. The molecule has 100 valence electrons. The summed E-state index contributed by atoms with van der Waals surface area (Å²) in [4.78, 5) is 16.0. The summed E-state index contributed by atoms with van der Waals surface area (Å²) in [5, 5.41) is 17.2. The van der Waals surface area contributed by atoms with Crippen molar-refractivity contribution in [2.75, 3.05) is 12.8 Å². The number of nitrogens with zero attached hydrogens (tertiary/aromatic N) is 1. The molecule has 0 radical (unpaired) electrons. The second kappa shape index (κ2) is 6.70. The molecule has 0 bridgehead atoms. The number of amides is 1. The fraction of sp³-hybridized carbons (Fsp3) is 0.231. The molecule has 0 saturated carbocycles. The van der Waals surface area contributed by atoms with E-state index in [0.29, 0.717) is 5.56 Å². The Kier molecular flexibility index (Phi) is 4.95. The Morgan fingerprint density at radius 3 is 2.95 bits per heavy atom. The smallest absolute Gasteiger partial charge is 0.252 e. The van der Waals surface area contributed by atoms with Crippen LogP contribution in [0.5, 0.6) is 0 Å². The van der Waals surface area contributed by atoms with E-state index in [4.69, 9.17) is 0 Å². The Morgan fingerprint density at radius 1 is 1.53 bits per heavy atom. The molecule has 2 rings (SSSR count). The topological polar surface area (TPSA) is 62.2 Å². The summed E-state index contributed by atoms with van der Waals surface area (Å²) < 4.78 is 0. The van der Waals surface area contributed by atoms with E-state index in [0.717, 1.165) is 10.6 Å². The molecule has 1 atom stereocenters. The normalized spacial score (nSPS) is 12.1. The second-order valence-electron chi connectivity index (χ2n) is 3.87. The first-order valence-corrected chi connectivity index (χ1v) is 7.86. The lowest BCUT2D eigenvalue weighted by molar-refractivity contribution is 0.0916. The first-order chi connectivity index (χ1) is 9.20. The van der Waals surface area contributed by atoms with E-state index in [-0.39, 0.29) is 12.5 Å². The van der Waals surface area contributed by atoms with E-state index in [1.807, 2.05) is 23.1 Å². The fourth-order valence-electron chi connectivity index (χ4n) is 1.51. The standard InChI is InChI=1S/C13H14N2O2S2/c1-18-12-3-2-9(6-14-12)13(17)15-7-11(16)10-4-5-19-8-10/h2-6,8,11,16H,7H2,1H3,(H,15,17). The van der Waals surface area contributed by atoms with Gasteiger partial charge in [0.1, 0.15) is 0 Å². The van der Waals surface area contributed by atoms with E-state index in [1.54, 1.807) is 12.1 Å². The van der Waals surface area contributed by atoms with Crippen LogP contribution >= 0.6 is 23.1 Å². The molecule has 2 N–H and O–H groups in total. The monoisotopic (exact) mass is 294 g/mol. The third kappa shape index (κ3) is 3.79. The van der Waals surface area contributed by atoms with E-state index >= 15 is 0 Å². The van der Waals surface area contributed by atoms with Gasteiger partial charge in [-0.15, -0.1) is 11.8 Å². The average molecular weight is 294 g/mol. The van der Waals surface area contributed by atoms with Crippen LogP contribution in [0.3, 0.4) is 0 Å². The van der Waals surface area contributed by atoms with Gasteiger partial charge in [-0.25, -0.2) is 4.98 Å². The molecular weight excluding hydrogens is 280 g/mol. The van der Waals surface area contributed by atoms with Crippen LogP contribution in [0.1, 0.15) is 22.0 Å². The maximum absolute atomic E-state index is 11.9. The van der Waals surface area contributed by atoms with Crippen LogP contribution in [0.2, 0.25) is 0 Å². The quantitative estimate of drug-likeness (QED) is 0.831. The van der Waals surface area contributed by atoms with Crippen molar-refractivity contribution < 1.29 is 9.90 Å². The van der Waals surface area contributed by atoms with Crippen molar-refractivity contribution in [2.24, 2.45) is 0 Å². The van der Waals surface area contributed by atoms with Gasteiger partial charge in [-0.1, -0.05) is 0 Å². The Morgan fingerprint density at radius 2 is 2.37 bits per heavy atom. The number of aromatic nitrogens is 1. The first kappa shape index (κ1) is 14.0. The Labute approximate surface area is 119 Å². The number of thioether (sulfide) groups is 1. The number of aliphatic hydroxyl groups excluding tert-OH is 1. The molecule has 6 heteroatoms. The summed E-state index contributed by atoms with van der Waals surface area (Å²) in [5.74, 6) is -0.227. The summed E-state index contributed by atoms with van der Waals surface area (Å²) in [5.41, 5.74) is 1.32. The van der Waals surface area contributed by atoms with Gasteiger partial charge in [0.15, 0.2) is 0 Å². The first-order valence-electron chi connectivity index (χ1n) is 5.69. The van der Waals surface area contributed by atoms with Gasteiger partial charge in [-0.3, -0.25) is 4.79 Å². The molecule has 0 spiro atoms. The zero-order valence-electron chi connectivity index (χ0n) is 10.4. The maximum atomic E-state index is 11.9. The van der Waals surface area contributed by atoms with Gasteiger partial charge in [-0.05, 0) is 40.8 Å². The van der Waals surface area contributed by atoms with Crippen LogP contribution in [0.25, 0.3) is 0 Å². The zero-order chi connectivity index (χ0) is 13.7. The molecule has 0 aromatic carbocycles. The molecule has 2 aromatic rings. The summed E-state index contributed by atoms with van der Waals surface area (Å²) in [6.45, 7) is 0.194. The molecule has 0 aliphatic heterocycles. The number of hydrogen-bond donors (Lipinski definition) is 2. The number of rotatable bonds is 5.